The number of carbonyl (C=O) groups excluding carboxylic acids is 2. The van der Waals surface area contributed by atoms with Crippen LogP contribution < -0.4 is 19.5 Å². The van der Waals surface area contributed by atoms with Gasteiger partial charge in [-0.2, -0.15) is 0 Å². The molecular formula is C18H17ClN2O8. The maximum absolute atomic E-state index is 12.4. The molecule has 11 heteroatoms. The Kier molecular flexibility index (Phi) is 7.21. The van der Waals surface area contributed by atoms with Crippen LogP contribution in [0.2, 0.25) is 5.02 Å². The van der Waals surface area contributed by atoms with E-state index in [9.17, 15) is 19.7 Å². The molecule has 0 fully saturated rings. The summed E-state index contributed by atoms with van der Waals surface area (Å²) in [6.07, 6.45) is 0. The molecule has 0 saturated carbocycles. The lowest BCUT2D eigenvalue weighted by Gasteiger charge is -2.15. The quantitative estimate of drug-likeness (QED) is 0.389. The number of benzene rings is 2. The van der Waals surface area contributed by atoms with Gasteiger partial charge in [0.15, 0.2) is 18.1 Å². The number of nitrogens with one attached hydrogen (secondary N) is 1. The number of hydrogen-bond acceptors (Lipinski definition) is 8. The molecule has 2 rings (SSSR count). The Labute approximate surface area is 170 Å². The van der Waals surface area contributed by atoms with Crippen molar-refractivity contribution in [2.24, 2.45) is 0 Å². The van der Waals surface area contributed by atoms with Crippen LogP contribution in [0.1, 0.15) is 10.4 Å². The number of anilines is 1. The fraction of sp³-hybridized carbons (Fsp3) is 0.222. The molecular weight excluding hydrogens is 408 g/mol. The van der Waals surface area contributed by atoms with E-state index in [2.05, 4.69) is 5.32 Å². The average molecular weight is 425 g/mol. The van der Waals surface area contributed by atoms with Crippen molar-refractivity contribution in [1.82, 2.24) is 0 Å². The maximum atomic E-state index is 12.4. The molecule has 0 radical (unpaired) electrons. The third-order valence-corrected chi connectivity index (χ3v) is 4.01. The topological polar surface area (TPSA) is 126 Å². The third-order valence-electron chi connectivity index (χ3n) is 3.70. The second-order valence-corrected chi connectivity index (χ2v) is 5.83. The van der Waals surface area contributed by atoms with Crippen molar-refractivity contribution in [3.05, 3.63) is 51.0 Å². The molecule has 154 valence electrons. The highest BCUT2D eigenvalue weighted by Gasteiger charge is 2.22. The highest BCUT2D eigenvalue weighted by Crippen LogP contribution is 2.40. The molecule has 0 aliphatic rings. The average Bonchev–Trinajstić information content (AvgIpc) is 2.71. The molecule has 1 amide bonds. The van der Waals surface area contributed by atoms with Crippen molar-refractivity contribution in [3.8, 4) is 17.2 Å². The van der Waals surface area contributed by atoms with Gasteiger partial charge in [-0.15, -0.1) is 0 Å². The summed E-state index contributed by atoms with van der Waals surface area (Å²) in [6, 6.07) is 6.46. The predicted molar refractivity (Wildman–Crippen MR) is 103 cm³/mol. The van der Waals surface area contributed by atoms with Gasteiger partial charge in [0.2, 0.25) is 5.75 Å². The van der Waals surface area contributed by atoms with Gasteiger partial charge in [0, 0.05) is 12.1 Å². The molecule has 2 aromatic rings. The van der Waals surface area contributed by atoms with E-state index in [1.54, 1.807) is 0 Å². The Morgan fingerprint density at radius 3 is 2.31 bits per heavy atom. The molecule has 0 heterocycles. The second-order valence-electron chi connectivity index (χ2n) is 5.43. The Balaban J connectivity index is 2.07. The zero-order chi connectivity index (χ0) is 21.6. The summed E-state index contributed by atoms with van der Waals surface area (Å²) in [4.78, 5) is 34.5. The minimum absolute atomic E-state index is 0.0274. The van der Waals surface area contributed by atoms with E-state index in [0.29, 0.717) is 5.75 Å². The van der Waals surface area contributed by atoms with Crippen LogP contribution in [0.5, 0.6) is 17.2 Å². The number of hydrogen-bond donors (Lipinski definition) is 1. The van der Waals surface area contributed by atoms with E-state index in [1.165, 1.54) is 45.6 Å². The van der Waals surface area contributed by atoms with Gasteiger partial charge in [-0.05, 0) is 18.2 Å². The predicted octanol–water partition coefficient (Wildman–Crippen LogP) is 3.07. The first kappa shape index (κ1) is 21.8. The number of rotatable bonds is 8. The smallest absolute Gasteiger partial charge is 0.342 e. The summed E-state index contributed by atoms with van der Waals surface area (Å²) in [5, 5.41) is 13.1. The Morgan fingerprint density at radius 2 is 1.76 bits per heavy atom. The number of nitro benzene ring substituents is 1. The van der Waals surface area contributed by atoms with Crippen LogP contribution in [-0.2, 0) is 9.53 Å². The number of nitro groups is 1. The molecule has 29 heavy (non-hydrogen) atoms. The highest BCUT2D eigenvalue weighted by atomic mass is 35.5. The molecule has 10 nitrogen and oxygen atoms in total. The fourth-order valence-electron chi connectivity index (χ4n) is 2.38. The number of carbonyl (C=O) groups is 2. The first-order chi connectivity index (χ1) is 13.8. The molecule has 2 aromatic carbocycles. The summed E-state index contributed by atoms with van der Waals surface area (Å²) in [5.74, 6) is -0.866. The minimum Gasteiger partial charge on any atom is -0.493 e. The SMILES string of the molecule is COc1ccc(C(=O)OCC(=O)Nc2ccc([N+](=O)[O-])cc2Cl)c(OC)c1OC. The molecule has 0 bridgehead atoms. The van der Waals surface area contributed by atoms with Gasteiger partial charge in [0.1, 0.15) is 5.56 Å². The van der Waals surface area contributed by atoms with Crippen LogP contribution in [0, 0.1) is 10.1 Å². The minimum atomic E-state index is -0.826. The number of amides is 1. The molecule has 0 aliphatic heterocycles. The van der Waals surface area contributed by atoms with Crippen LogP contribution in [0.3, 0.4) is 0 Å². The van der Waals surface area contributed by atoms with E-state index in [4.69, 9.17) is 30.5 Å². The first-order valence-corrected chi connectivity index (χ1v) is 8.40. The largest absolute Gasteiger partial charge is 0.493 e. The number of methoxy groups -OCH3 is 3. The fourth-order valence-corrected chi connectivity index (χ4v) is 2.60. The Morgan fingerprint density at radius 1 is 1.07 bits per heavy atom. The van der Waals surface area contributed by atoms with Crippen LogP contribution >= 0.6 is 11.6 Å². The van der Waals surface area contributed by atoms with Gasteiger partial charge in [-0.25, -0.2) is 4.79 Å². The standard InChI is InChI=1S/C18H17ClN2O8/c1-26-14-7-5-11(16(27-2)17(14)28-3)18(23)29-9-15(22)20-13-6-4-10(21(24)25)8-12(13)19/h4-8H,9H2,1-3H3,(H,20,22). The number of ether oxygens (including phenoxy) is 4. The van der Waals surface area contributed by atoms with E-state index < -0.39 is 23.4 Å². The second kappa shape index (κ2) is 9.60. The molecule has 0 aromatic heterocycles. The summed E-state index contributed by atoms with van der Waals surface area (Å²) < 4.78 is 20.5. The first-order valence-electron chi connectivity index (χ1n) is 8.02. The number of halogens is 1. The number of non-ortho nitro benzene ring substituents is 1. The van der Waals surface area contributed by atoms with E-state index in [1.807, 2.05) is 0 Å². The van der Waals surface area contributed by atoms with Gasteiger partial charge in [-0.3, -0.25) is 14.9 Å². The van der Waals surface area contributed by atoms with Crippen LogP contribution in [0.15, 0.2) is 30.3 Å². The van der Waals surface area contributed by atoms with Crippen molar-refractivity contribution in [3.63, 3.8) is 0 Å². The van der Waals surface area contributed by atoms with Gasteiger partial charge >= 0.3 is 5.97 Å². The van der Waals surface area contributed by atoms with Crippen molar-refractivity contribution in [2.45, 2.75) is 0 Å². The van der Waals surface area contributed by atoms with Crippen molar-refractivity contribution in [2.75, 3.05) is 33.3 Å². The summed E-state index contributed by atoms with van der Waals surface area (Å²) in [5.41, 5.74) is -0.0479. The summed E-state index contributed by atoms with van der Waals surface area (Å²) in [6.45, 7) is -0.621. The van der Waals surface area contributed by atoms with Crippen LogP contribution in [-0.4, -0.2) is 44.7 Å². The zero-order valence-electron chi connectivity index (χ0n) is 15.7. The Bertz CT molecular complexity index is 948. The van der Waals surface area contributed by atoms with Gasteiger partial charge in [0.25, 0.3) is 11.6 Å². The third kappa shape index (κ3) is 5.05. The van der Waals surface area contributed by atoms with E-state index >= 15 is 0 Å². The number of esters is 1. The molecule has 1 N–H and O–H groups in total. The van der Waals surface area contributed by atoms with Gasteiger partial charge in [0.05, 0.1) is 37.0 Å². The van der Waals surface area contributed by atoms with E-state index in [0.717, 1.165) is 6.07 Å². The molecule has 0 atom stereocenters. The molecule has 0 spiro atoms. The number of nitrogens with zero attached hydrogens (tertiary/aromatic N) is 1. The zero-order valence-corrected chi connectivity index (χ0v) is 16.4. The van der Waals surface area contributed by atoms with Crippen LogP contribution in [0.4, 0.5) is 11.4 Å². The molecule has 0 unspecified atom stereocenters. The molecule has 0 aliphatic carbocycles. The van der Waals surface area contributed by atoms with Crippen LogP contribution in [0.25, 0.3) is 0 Å². The summed E-state index contributed by atoms with van der Waals surface area (Å²) >= 11 is 5.91. The van der Waals surface area contributed by atoms with E-state index in [-0.39, 0.29) is 33.5 Å². The van der Waals surface area contributed by atoms with Crippen molar-refractivity contribution in [1.29, 1.82) is 0 Å². The van der Waals surface area contributed by atoms with Gasteiger partial charge < -0.3 is 24.3 Å². The summed E-state index contributed by atoms with van der Waals surface area (Å²) in [7, 11) is 4.16. The highest BCUT2D eigenvalue weighted by molar-refractivity contribution is 6.34. The lowest BCUT2D eigenvalue weighted by Crippen LogP contribution is -2.21. The Hall–Kier alpha value is -3.53. The maximum Gasteiger partial charge on any atom is 0.342 e. The lowest BCUT2D eigenvalue weighted by molar-refractivity contribution is -0.384. The monoisotopic (exact) mass is 424 g/mol. The van der Waals surface area contributed by atoms with Crippen molar-refractivity contribution < 1.29 is 33.5 Å². The normalized spacial score (nSPS) is 10.1. The van der Waals surface area contributed by atoms with Crippen molar-refractivity contribution >= 4 is 34.9 Å². The lowest BCUT2D eigenvalue weighted by atomic mass is 10.1. The van der Waals surface area contributed by atoms with Gasteiger partial charge in [-0.1, -0.05) is 11.6 Å². The molecule has 0 saturated heterocycles.